The standard InChI is InChI=1S/C18H30N2O3/c1-15(2)19(3)11-17-4-6-18(23-17)13-20(7-9-22-14-18)10-16-5-8-21-12-16/h5,8,12,15,17H,4,6-7,9-11,13-14H2,1-3H3/t17-,18-/m0/s1. The normalized spacial score (nSPS) is 29.7. The Kier molecular flexibility index (Phi) is 5.42. The van der Waals surface area contributed by atoms with Crippen molar-refractivity contribution in [3.63, 3.8) is 0 Å². The van der Waals surface area contributed by atoms with E-state index < -0.39 is 0 Å². The van der Waals surface area contributed by atoms with E-state index in [1.807, 2.05) is 12.3 Å². The van der Waals surface area contributed by atoms with Gasteiger partial charge < -0.3 is 18.8 Å². The second-order valence-corrected chi connectivity index (χ2v) is 7.39. The molecule has 130 valence electrons. The van der Waals surface area contributed by atoms with Crippen molar-refractivity contribution in [2.45, 2.75) is 51.0 Å². The lowest BCUT2D eigenvalue weighted by molar-refractivity contribution is -0.0924. The molecule has 1 aromatic heterocycles. The van der Waals surface area contributed by atoms with Crippen LogP contribution in [0.25, 0.3) is 0 Å². The van der Waals surface area contributed by atoms with E-state index in [4.69, 9.17) is 13.9 Å². The summed E-state index contributed by atoms with van der Waals surface area (Å²) in [4.78, 5) is 4.80. The van der Waals surface area contributed by atoms with Crippen LogP contribution in [0, 0.1) is 0 Å². The summed E-state index contributed by atoms with van der Waals surface area (Å²) in [6.45, 7) is 9.75. The molecule has 2 aliphatic rings. The highest BCUT2D eigenvalue weighted by Gasteiger charge is 2.43. The van der Waals surface area contributed by atoms with Gasteiger partial charge in [0.05, 0.1) is 31.8 Å². The summed E-state index contributed by atoms with van der Waals surface area (Å²) in [6.07, 6.45) is 6.10. The van der Waals surface area contributed by atoms with Crippen LogP contribution in [0.2, 0.25) is 0 Å². The summed E-state index contributed by atoms with van der Waals surface area (Å²) >= 11 is 0. The zero-order valence-corrected chi connectivity index (χ0v) is 14.7. The number of nitrogens with zero attached hydrogens (tertiary/aromatic N) is 2. The summed E-state index contributed by atoms with van der Waals surface area (Å²) in [7, 11) is 2.17. The van der Waals surface area contributed by atoms with Crippen LogP contribution < -0.4 is 0 Å². The van der Waals surface area contributed by atoms with Gasteiger partial charge >= 0.3 is 0 Å². The molecule has 0 aliphatic carbocycles. The second kappa shape index (κ2) is 7.34. The van der Waals surface area contributed by atoms with Crippen LogP contribution in [0.1, 0.15) is 32.3 Å². The van der Waals surface area contributed by atoms with Gasteiger partial charge in [-0.25, -0.2) is 0 Å². The fourth-order valence-corrected chi connectivity index (χ4v) is 3.54. The van der Waals surface area contributed by atoms with Crippen molar-refractivity contribution in [1.82, 2.24) is 9.80 Å². The molecule has 0 amide bonds. The maximum absolute atomic E-state index is 6.51. The molecule has 5 heteroatoms. The van der Waals surface area contributed by atoms with Crippen molar-refractivity contribution in [3.05, 3.63) is 24.2 Å². The van der Waals surface area contributed by atoms with E-state index in [1.54, 1.807) is 6.26 Å². The van der Waals surface area contributed by atoms with Gasteiger partial charge in [-0.05, 0) is 39.8 Å². The quantitative estimate of drug-likeness (QED) is 0.832. The lowest BCUT2D eigenvalue weighted by Gasteiger charge is -2.33. The molecule has 5 nitrogen and oxygen atoms in total. The van der Waals surface area contributed by atoms with E-state index in [0.29, 0.717) is 12.1 Å². The van der Waals surface area contributed by atoms with Crippen LogP contribution in [-0.2, 0) is 16.0 Å². The Balaban J connectivity index is 1.59. The Morgan fingerprint density at radius 1 is 1.43 bits per heavy atom. The Bertz CT molecular complexity index is 477. The highest BCUT2D eigenvalue weighted by molar-refractivity contribution is 5.06. The number of hydrogen-bond donors (Lipinski definition) is 0. The average molecular weight is 322 g/mol. The van der Waals surface area contributed by atoms with E-state index in [0.717, 1.165) is 52.2 Å². The van der Waals surface area contributed by atoms with Crippen LogP contribution in [0.15, 0.2) is 23.0 Å². The number of furan rings is 1. The third-order valence-electron chi connectivity index (χ3n) is 5.13. The molecule has 2 aliphatic heterocycles. The van der Waals surface area contributed by atoms with Crippen molar-refractivity contribution in [1.29, 1.82) is 0 Å². The molecular weight excluding hydrogens is 292 g/mol. The zero-order valence-electron chi connectivity index (χ0n) is 14.7. The smallest absolute Gasteiger partial charge is 0.105 e. The molecule has 1 aromatic rings. The molecule has 3 heterocycles. The second-order valence-electron chi connectivity index (χ2n) is 7.39. The summed E-state index contributed by atoms with van der Waals surface area (Å²) < 4.78 is 17.6. The molecule has 3 rings (SSSR count). The van der Waals surface area contributed by atoms with Crippen LogP contribution in [0.3, 0.4) is 0 Å². The number of likely N-dealkylation sites (N-methyl/N-ethyl adjacent to an activating group) is 1. The monoisotopic (exact) mass is 322 g/mol. The van der Waals surface area contributed by atoms with E-state index >= 15 is 0 Å². The molecule has 0 saturated carbocycles. The lowest BCUT2D eigenvalue weighted by Crippen LogP contribution is -2.45. The molecule has 0 N–H and O–H groups in total. The van der Waals surface area contributed by atoms with Crippen molar-refractivity contribution in [2.75, 3.05) is 39.9 Å². The van der Waals surface area contributed by atoms with Crippen molar-refractivity contribution >= 4 is 0 Å². The highest BCUT2D eigenvalue weighted by Crippen LogP contribution is 2.33. The summed E-state index contributed by atoms with van der Waals surface area (Å²) in [5.74, 6) is 0. The van der Waals surface area contributed by atoms with Gasteiger partial charge in [-0.1, -0.05) is 0 Å². The summed E-state index contributed by atoms with van der Waals surface area (Å²) in [6, 6.07) is 2.59. The number of hydrogen-bond acceptors (Lipinski definition) is 5. The van der Waals surface area contributed by atoms with Gasteiger partial charge in [-0.2, -0.15) is 0 Å². The molecule has 2 atom stereocenters. The number of ether oxygens (including phenoxy) is 2. The minimum absolute atomic E-state index is 0.136. The first-order valence-electron chi connectivity index (χ1n) is 8.75. The first-order valence-corrected chi connectivity index (χ1v) is 8.75. The van der Waals surface area contributed by atoms with E-state index in [1.165, 1.54) is 5.56 Å². The Morgan fingerprint density at radius 2 is 2.30 bits per heavy atom. The Morgan fingerprint density at radius 3 is 3.04 bits per heavy atom. The fraction of sp³-hybridized carbons (Fsp3) is 0.778. The van der Waals surface area contributed by atoms with Gasteiger partial charge in [0.15, 0.2) is 0 Å². The van der Waals surface area contributed by atoms with Crippen molar-refractivity contribution < 1.29 is 13.9 Å². The maximum atomic E-state index is 6.51. The SMILES string of the molecule is CC(C)N(C)C[C@@H]1CC[C@]2(COCCN(Cc3ccoc3)C2)O1. The molecule has 0 bridgehead atoms. The van der Waals surface area contributed by atoms with Gasteiger partial charge in [0.1, 0.15) is 5.60 Å². The molecule has 2 saturated heterocycles. The van der Waals surface area contributed by atoms with Gasteiger partial charge in [-0.3, -0.25) is 4.90 Å². The molecule has 2 fully saturated rings. The van der Waals surface area contributed by atoms with Gasteiger partial charge in [0.25, 0.3) is 0 Å². The van der Waals surface area contributed by atoms with E-state index in [2.05, 4.69) is 30.7 Å². The first-order chi connectivity index (χ1) is 11.1. The van der Waals surface area contributed by atoms with Crippen LogP contribution in [0.4, 0.5) is 0 Å². The maximum Gasteiger partial charge on any atom is 0.105 e. The van der Waals surface area contributed by atoms with Crippen LogP contribution >= 0.6 is 0 Å². The van der Waals surface area contributed by atoms with Gasteiger partial charge in [0, 0.05) is 37.8 Å². The minimum atomic E-state index is -0.136. The highest BCUT2D eigenvalue weighted by atomic mass is 16.6. The van der Waals surface area contributed by atoms with Crippen LogP contribution in [-0.4, -0.2) is 67.4 Å². The largest absolute Gasteiger partial charge is 0.472 e. The summed E-state index contributed by atoms with van der Waals surface area (Å²) in [5.41, 5.74) is 1.08. The molecular formula is C18H30N2O3. The molecule has 1 spiro atoms. The minimum Gasteiger partial charge on any atom is -0.472 e. The fourth-order valence-electron chi connectivity index (χ4n) is 3.54. The first kappa shape index (κ1) is 17.0. The van der Waals surface area contributed by atoms with Crippen molar-refractivity contribution in [3.8, 4) is 0 Å². The van der Waals surface area contributed by atoms with E-state index in [-0.39, 0.29) is 5.60 Å². The summed E-state index contributed by atoms with van der Waals surface area (Å²) in [5, 5.41) is 0. The zero-order chi connectivity index (χ0) is 16.3. The predicted molar refractivity (Wildman–Crippen MR) is 89.4 cm³/mol. The third kappa shape index (κ3) is 4.35. The average Bonchev–Trinajstić information content (AvgIpc) is 3.09. The molecule has 0 aromatic carbocycles. The Labute approximate surface area is 139 Å². The number of rotatable bonds is 5. The molecule has 0 radical (unpaired) electrons. The van der Waals surface area contributed by atoms with Crippen molar-refractivity contribution in [2.24, 2.45) is 0 Å². The lowest BCUT2D eigenvalue weighted by atomic mass is 10.00. The topological polar surface area (TPSA) is 38.1 Å². The Hall–Kier alpha value is -0.880. The molecule has 0 unspecified atom stereocenters. The van der Waals surface area contributed by atoms with Gasteiger partial charge in [0.2, 0.25) is 0 Å². The van der Waals surface area contributed by atoms with E-state index in [9.17, 15) is 0 Å². The third-order valence-corrected chi connectivity index (χ3v) is 5.13. The molecule has 23 heavy (non-hydrogen) atoms. The predicted octanol–water partition coefficient (Wildman–Crippen LogP) is 2.37. The van der Waals surface area contributed by atoms with Crippen LogP contribution in [0.5, 0.6) is 0 Å². The van der Waals surface area contributed by atoms with Gasteiger partial charge in [-0.15, -0.1) is 0 Å².